The Hall–Kier alpha value is -2.88. The molecule has 0 aliphatic carbocycles. The van der Waals surface area contributed by atoms with Crippen molar-refractivity contribution < 1.29 is 4.42 Å². The summed E-state index contributed by atoms with van der Waals surface area (Å²) in [7, 11) is 0. The van der Waals surface area contributed by atoms with Crippen LogP contribution in [0.4, 0.5) is 0 Å². The van der Waals surface area contributed by atoms with Gasteiger partial charge in [0.1, 0.15) is 11.3 Å². The Morgan fingerprint density at radius 1 is 1.05 bits per heavy atom. The molecule has 1 aromatic carbocycles. The van der Waals surface area contributed by atoms with Crippen molar-refractivity contribution in [3.8, 4) is 22.6 Å². The highest BCUT2D eigenvalue weighted by Gasteiger charge is 2.17. The molecule has 0 bridgehead atoms. The van der Waals surface area contributed by atoms with Crippen molar-refractivity contribution in [1.82, 2.24) is 15.0 Å². The van der Waals surface area contributed by atoms with Crippen LogP contribution in [0.5, 0.6) is 0 Å². The number of nitrogens with one attached hydrogen (secondary N) is 1. The Kier molecular flexibility index (Phi) is 2.60. The summed E-state index contributed by atoms with van der Waals surface area (Å²) in [6.45, 7) is 1.87. The molecule has 0 spiro atoms. The summed E-state index contributed by atoms with van der Waals surface area (Å²) in [5.74, 6) is 1.44. The summed E-state index contributed by atoms with van der Waals surface area (Å²) in [6, 6.07) is 14.0. The highest BCUT2D eigenvalue weighted by molar-refractivity contribution is 5.94. The Bertz CT molecular complexity index is 906. The van der Waals surface area contributed by atoms with Crippen molar-refractivity contribution in [3.05, 3.63) is 60.7 Å². The zero-order valence-electron chi connectivity index (χ0n) is 11.5. The van der Waals surface area contributed by atoms with E-state index in [1.807, 2.05) is 55.6 Å². The second-order valence-electron chi connectivity index (χ2n) is 4.88. The number of hydrogen-bond acceptors (Lipinski definition) is 3. The number of fused-ring (bicyclic) bond motifs is 1. The second kappa shape index (κ2) is 4.59. The molecule has 4 aromatic rings. The Morgan fingerprint density at radius 2 is 1.90 bits per heavy atom. The van der Waals surface area contributed by atoms with Crippen LogP contribution < -0.4 is 0 Å². The largest absolute Gasteiger partial charge is 0.440 e. The normalized spacial score (nSPS) is 11.1. The maximum Gasteiger partial charge on any atom is 0.192 e. The molecule has 0 fully saturated rings. The van der Waals surface area contributed by atoms with E-state index in [0.29, 0.717) is 5.89 Å². The molecule has 0 aliphatic rings. The molecule has 4 nitrogen and oxygen atoms in total. The first kappa shape index (κ1) is 11.9. The standard InChI is InChI=1S/C17H13N3O/c1-11-20-15(12-5-3-2-4-6-12)16(21-11)13-7-9-18-17-14(13)8-10-19-17/h2-10H,1H3,(H,18,19). The summed E-state index contributed by atoms with van der Waals surface area (Å²) in [5, 5.41) is 1.03. The van der Waals surface area contributed by atoms with Gasteiger partial charge in [-0.25, -0.2) is 9.97 Å². The van der Waals surface area contributed by atoms with Crippen molar-refractivity contribution in [1.29, 1.82) is 0 Å². The molecule has 4 heteroatoms. The molecule has 1 N–H and O–H groups in total. The number of aryl methyl sites for hydroxylation is 1. The molecule has 21 heavy (non-hydrogen) atoms. The van der Waals surface area contributed by atoms with Crippen LogP contribution in [-0.4, -0.2) is 15.0 Å². The van der Waals surface area contributed by atoms with E-state index in [-0.39, 0.29) is 0 Å². The monoisotopic (exact) mass is 275 g/mol. The van der Waals surface area contributed by atoms with Gasteiger partial charge in [-0.3, -0.25) is 0 Å². The van der Waals surface area contributed by atoms with Crippen LogP contribution in [0.3, 0.4) is 0 Å². The van der Waals surface area contributed by atoms with Crippen LogP contribution in [0.15, 0.2) is 59.3 Å². The van der Waals surface area contributed by atoms with Crippen LogP contribution in [0, 0.1) is 6.92 Å². The van der Waals surface area contributed by atoms with E-state index in [1.54, 1.807) is 6.20 Å². The molecule has 4 rings (SSSR count). The lowest BCUT2D eigenvalue weighted by atomic mass is 10.0. The number of aromatic nitrogens is 3. The number of oxazole rings is 1. The Labute approximate surface area is 121 Å². The third kappa shape index (κ3) is 1.92. The van der Waals surface area contributed by atoms with Crippen LogP contribution in [0.2, 0.25) is 0 Å². The number of hydrogen-bond donors (Lipinski definition) is 1. The van der Waals surface area contributed by atoms with Gasteiger partial charge in [0.05, 0.1) is 0 Å². The summed E-state index contributed by atoms with van der Waals surface area (Å²) in [5.41, 5.74) is 3.76. The topological polar surface area (TPSA) is 54.7 Å². The van der Waals surface area contributed by atoms with E-state index in [4.69, 9.17) is 4.42 Å². The van der Waals surface area contributed by atoms with Crippen molar-refractivity contribution in [2.75, 3.05) is 0 Å². The van der Waals surface area contributed by atoms with Crippen LogP contribution in [0.1, 0.15) is 5.89 Å². The lowest BCUT2D eigenvalue weighted by Crippen LogP contribution is -1.84. The SMILES string of the molecule is Cc1nc(-c2ccccc2)c(-c2ccnc3[nH]ccc23)o1. The highest BCUT2D eigenvalue weighted by atomic mass is 16.4. The van der Waals surface area contributed by atoms with E-state index in [1.165, 1.54) is 0 Å². The smallest absolute Gasteiger partial charge is 0.192 e. The van der Waals surface area contributed by atoms with Gasteiger partial charge in [0.2, 0.25) is 0 Å². The first-order chi connectivity index (χ1) is 10.3. The zero-order chi connectivity index (χ0) is 14.2. The van der Waals surface area contributed by atoms with Crippen molar-refractivity contribution in [2.45, 2.75) is 6.92 Å². The zero-order valence-corrected chi connectivity index (χ0v) is 11.5. The molecule has 0 atom stereocenters. The maximum absolute atomic E-state index is 5.88. The lowest BCUT2D eigenvalue weighted by Gasteiger charge is -2.02. The molecule has 0 saturated carbocycles. The van der Waals surface area contributed by atoms with E-state index in [0.717, 1.165) is 33.6 Å². The number of rotatable bonds is 2. The van der Waals surface area contributed by atoms with Crippen LogP contribution >= 0.6 is 0 Å². The third-order valence-corrected chi connectivity index (χ3v) is 3.49. The Balaban J connectivity index is 2.00. The van der Waals surface area contributed by atoms with Crippen molar-refractivity contribution in [2.24, 2.45) is 0 Å². The molecule has 0 radical (unpaired) electrons. The summed E-state index contributed by atoms with van der Waals surface area (Å²) >= 11 is 0. The summed E-state index contributed by atoms with van der Waals surface area (Å²) < 4.78 is 5.88. The molecule has 0 unspecified atom stereocenters. The second-order valence-corrected chi connectivity index (χ2v) is 4.88. The maximum atomic E-state index is 5.88. The molecular weight excluding hydrogens is 262 g/mol. The van der Waals surface area contributed by atoms with Crippen LogP contribution in [0.25, 0.3) is 33.6 Å². The lowest BCUT2D eigenvalue weighted by molar-refractivity contribution is 0.535. The van der Waals surface area contributed by atoms with Gasteiger partial charge in [0.15, 0.2) is 11.7 Å². The van der Waals surface area contributed by atoms with Gasteiger partial charge in [0.25, 0.3) is 0 Å². The average Bonchev–Trinajstić information content (AvgIpc) is 3.14. The van der Waals surface area contributed by atoms with Crippen LogP contribution in [-0.2, 0) is 0 Å². The van der Waals surface area contributed by atoms with E-state index < -0.39 is 0 Å². The fourth-order valence-corrected chi connectivity index (χ4v) is 2.56. The molecule has 0 amide bonds. The number of benzene rings is 1. The quantitative estimate of drug-likeness (QED) is 0.596. The predicted octanol–water partition coefficient (Wildman–Crippen LogP) is 4.19. The number of aromatic amines is 1. The van der Waals surface area contributed by atoms with Gasteiger partial charge in [-0.05, 0) is 12.1 Å². The minimum absolute atomic E-state index is 0.657. The number of pyridine rings is 1. The minimum Gasteiger partial charge on any atom is -0.440 e. The predicted molar refractivity (Wildman–Crippen MR) is 81.8 cm³/mol. The van der Waals surface area contributed by atoms with E-state index in [9.17, 15) is 0 Å². The van der Waals surface area contributed by atoms with Gasteiger partial charge >= 0.3 is 0 Å². The average molecular weight is 275 g/mol. The van der Waals surface area contributed by atoms with Crippen molar-refractivity contribution >= 4 is 11.0 Å². The molecule has 3 heterocycles. The highest BCUT2D eigenvalue weighted by Crippen LogP contribution is 2.35. The molecule has 102 valence electrons. The molecule has 3 aromatic heterocycles. The number of H-pyrrole nitrogens is 1. The van der Waals surface area contributed by atoms with E-state index >= 15 is 0 Å². The summed E-state index contributed by atoms with van der Waals surface area (Å²) in [6.07, 6.45) is 3.66. The Morgan fingerprint density at radius 3 is 2.76 bits per heavy atom. The van der Waals surface area contributed by atoms with Crippen molar-refractivity contribution in [3.63, 3.8) is 0 Å². The van der Waals surface area contributed by atoms with Gasteiger partial charge in [-0.1, -0.05) is 30.3 Å². The fraction of sp³-hybridized carbons (Fsp3) is 0.0588. The first-order valence-electron chi connectivity index (χ1n) is 6.78. The molecule has 0 aliphatic heterocycles. The third-order valence-electron chi connectivity index (χ3n) is 3.49. The number of nitrogens with zero attached hydrogens (tertiary/aromatic N) is 2. The summed E-state index contributed by atoms with van der Waals surface area (Å²) in [4.78, 5) is 12.0. The minimum atomic E-state index is 0.657. The van der Waals surface area contributed by atoms with Gasteiger partial charge in [-0.15, -0.1) is 0 Å². The fourth-order valence-electron chi connectivity index (χ4n) is 2.56. The molecular formula is C17H13N3O. The molecule has 0 saturated heterocycles. The van der Waals surface area contributed by atoms with Gasteiger partial charge in [0, 0.05) is 35.8 Å². The van der Waals surface area contributed by atoms with E-state index in [2.05, 4.69) is 15.0 Å². The first-order valence-corrected chi connectivity index (χ1v) is 6.78. The van der Waals surface area contributed by atoms with Gasteiger partial charge in [-0.2, -0.15) is 0 Å². The van der Waals surface area contributed by atoms with Gasteiger partial charge < -0.3 is 9.40 Å².